The average molecular weight is 250 g/mol. The zero-order valence-corrected chi connectivity index (χ0v) is 10.1. The third-order valence-corrected chi connectivity index (χ3v) is 3.45. The molecule has 0 bridgehead atoms. The van der Waals surface area contributed by atoms with Gasteiger partial charge in [0.25, 0.3) is 0 Å². The molecule has 0 amide bonds. The Morgan fingerprint density at radius 2 is 2.50 bits per heavy atom. The second kappa shape index (κ2) is 3.95. The van der Waals surface area contributed by atoms with Gasteiger partial charge >= 0.3 is 0 Å². The van der Waals surface area contributed by atoms with E-state index in [-0.39, 0.29) is 0 Å². The highest BCUT2D eigenvalue weighted by Crippen LogP contribution is 2.38. The fourth-order valence-corrected chi connectivity index (χ4v) is 2.29. The van der Waals surface area contributed by atoms with Crippen LogP contribution in [0.15, 0.2) is 21.9 Å². The minimum atomic E-state index is 0.535. The molecule has 0 aromatic carbocycles. The Balaban J connectivity index is 1.94. The number of hydrogen-bond donors (Lipinski definition) is 1. The van der Waals surface area contributed by atoms with E-state index in [9.17, 15) is 0 Å². The van der Waals surface area contributed by atoms with Crippen LogP contribution in [0.5, 0.6) is 0 Å². The molecule has 1 N–H and O–H groups in total. The third kappa shape index (κ3) is 1.85. The molecule has 1 aliphatic carbocycles. The van der Waals surface area contributed by atoms with Crippen molar-refractivity contribution in [3.63, 3.8) is 0 Å². The van der Waals surface area contributed by atoms with Crippen LogP contribution in [0.4, 0.5) is 0 Å². The maximum Gasteiger partial charge on any atom is 0.216 e. The molecule has 3 rings (SSSR count). The van der Waals surface area contributed by atoms with E-state index in [4.69, 9.17) is 12.2 Å². The molecule has 82 valence electrons. The lowest BCUT2D eigenvalue weighted by Gasteiger charge is -1.96. The van der Waals surface area contributed by atoms with Gasteiger partial charge in [0.2, 0.25) is 4.77 Å². The summed E-state index contributed by atoms with van der Waals surface area (Å²) in [6, 6.07) is 2.02. The number of nitrogens with zero attached hydrogens (tertiary/aromatic N) is 3. The van der Waals surface area contributed by atoms with Gasteiger partial charge in [-0.1, -0.05) is 0 Å². The molecule has 6 heteroatoms. The Kier molecular flexibility index (Phi) is 2.45. The second-order valence-corrected chi connectivity index (χ2v) is 4.94. The SMILES string of the molecule is S=c1[nH]nc(C2CC2)n1/N=C\c1ccsc1. The van der Waals surface area contributed by atoms with E-state index in [0.29, 0.717) is 10.7 Å². The molecule has 2 heterocycles. The van der Waals surface area contributed by atoms with Crippen molar-refractivity contribution in [1.82, 2.24) is 14.9 Å². The van der Waals surface area contributed by atoms with Gasteiger partial charge in [-0.25, -0.2) is 0 Å². The van der Waals surface area contributed by atoms with Crippen LogP contribution in [0, 0.1) is 4.77 Å². The molecule has 1 saturated carbocycles. The predicted molar refractivity (Wildman–Crippen MR) is 66.7 cm³/mol. The molecule has 0 unspecified atom stereocenters. The van der Waals surface area contributed by atoms with Crippen molar-refractivity contribution >= 4 is 29.8 Å². The number of hydrogen-bond acceptors (Lipinski definition) is 4. The highest BCUT2D eigenvalue weighted by Gasteiger charge is 2.29. The highest BCUT2D eigenvalue weighted by molar-refractivity contribution is 7.71. The molecule has 0 spiro atoms. The summed E-state index contributed by atoms with van der Waals surface area (Å²) in [5.74, 6) is 1.49. The quantitative estimate of drug-likeness (QED) is 0.672. The molecule has 16 heavy (non-hydrogen) atoms. The lowest BCUT2D eigenvalue weighted by Crippen LogP contribution is -1.96. The van der Waals surface area contributed by atoms with Gasteiger partial charge in [0, 0.05) is 11.5 Å². The lowest BCUT2D eigenvalue weighted by atomic mass is 10.4. The maximum atomic E-state index is 5.15. The summed E-state index contributed by atoms with van der Waals surface area (Å²) in [5.41, 5.74) is 1.09. The molecular formula is C10H10N4S2. The fraction of sp³-hybridized carbons (Fsp3) is 0.300. The van der Waals surface area contributed by atoms with Crippen molar-refractivity contribution in [3.05, 3.63) is 33.0 Å². The molecule has 1 aliphatic rings. The van der Waals surface area contributed by atoms with Crippen molar-refractivity contribution in [3.8, 4) is 0 Å². The van der Waals surface area contributed by atoms with Gasteiger partial charge in [-0.3, -0.25) is 5.10 Å². The van der Waals surface area contributed by atoms with Crippen LogP contribution in [0.2, 0.25) is 0 Å². The van der Waals surface area contributed by atoms with Crippen LogP contribution in [-0.2, 0) is 0 Å². The lowest BCUT2D eigenvalue weighted by molar-refractivity contribution is 0.773. The minimum Gasteiger partial charge on any atom is -0.250 e. The Morgan fingerprint density at radius 1 is 1.62 bits per heavy atom. The number of aromatic nitrogens is 3. The number of aromatic amines is 1. The summed E-state index contributed by atoms with van der Waals surface area (Å²) in [5, 5.41) is 15.4. The van der Waals surface area contributed by atoms with Gasteiger partial charge in [0.05, 0.1) is 6.21 Å². The number of thiophene rings is 1. The molecule has 4 nitrogen and oxygen atoms in total. The Bertz CT molecular complexity index is 560. The summed E-state index contributed by atoms with van der Waals surface area (Å²) < 4.78 is 2.29. The third-order valence-electron chi connectivity index (χ3n) is 2.48. The largest absolute Gasteiger partial charge is 0.250 e. The number of nitrogens with one attached hydrogen (secondary N) is 1. The summed E-state index contributed by atoms with van der Waals surface area (Å²) in [7, 11) is 0. The van der Waals surface area contributed by atoms with Crippen LogP contribution in [0.3, 0.4) is 0 Å². The first-order valence-electron chi connectivity index (χ1n) is 5.08. The van der Waals surface area contributed by atoms with Crippen molar-refractivity contribution in [2.75, 3.05) is 0 Å². The number of H-pyrrole nitrogens is 1. The van der Waals surface area contributed by atoms with Crippen LogP contribution < -0.4 is 0 Å². The summed E-state index contributed by atoms with van der Waals surface area (Å²) >= 11 is 6.80. The van der Waals surface area contributed by atoms with E-state index >= 15 is 0 Å². The average Bonchev–Trinajstić information content (AvgIpc) is 2.87. The molecule has 0 atom stereocenters. The first-order valence-corrected chi connectivity index (χ1v) is 6.43. The monoisotopic (exact) mass is 250 g/mol. The van der Waals surface area contributed by atoms with E-state index in [2.05, 4.69) is 15.3 Å². The van der Waals surface area contributed by atoms with Crippen molar-refractivity contribution in [1.29, 1.82) is 0 Å². The van der Waals surface area contributed by atoms with Crippen molar-refractivity contribution in [2.24, 2.45) is 5.10 Å². The molecule has 0 radical (unpaired) electrons. The standard InChI is InChI=1S/C10H10N4S2/c15-10-13-12-9(8-1-2-8)14(10)11-5-7-3-4-16-6-7/h3-6,8H,1-2H2,(H,13,15)/b11-5-. The molecule has 2 aromatic heterocycles. The van der Waals surface area contributed by atoms with E-state index in [0.717, 1.165) is 11.4 Å². The zero-order chi connectivity index (χ0) is 11.0. The molecule has 0 saturated heterocycles. The van der Waals surface area contributed by atoms with Gasteiger partial charge in [-0.2, -0.15) is 26.2 Å². The Morgan fingerprint density at radius 3 is 3.19 bits per heavy atom. The maximum absolute atomic E-state index is 5.15. The minimum absolute atomic E-state index is 0.535. The predicted octanol–water partition coefficient (Wildman–Crippen LogP) is 2.76. The number of rotatable bonds is 3. The van der Waals surface area contributed by atoms with Crippen LogP contribution in [0.1, 0.15) is 30.1 Å². The van der Waals surface area contributed by atoms with Gasteiger partial charge in [0.15, 0.2) is 5.82 Å². The topological polar surface area (TPSA) is 46.0 Å². The van der Waals surface area contributed by atoms with E-state index in [1.807, 2.05) is 23.0 Å². The second-order valence-electron chi connectivity index (χ2n) is 3.77. The Hall–Kier alpha value is -1.27. The summed E-state index contributed by atoms with van der Waals surface area (Å²) in [6.45, 7) is 0. The van der Waals surface area contributed by atoms with E-state index < -0.39 is 0 Å². The van der Waals surface area contributed by atoms with Gasteiger partial charge in [-0.15, -0.1) is 0 Å². The molecule has 2 aromatic rings. The van der Waals surface area contributed by atoms with Gasteiger partial charge in [-0.05, 0) is 41.9 Å². The molecule has 0 aliphatic heterocycles. The van der Waals surface area contributed by atoms with E-state index in [1.54, 1.807) is 16.0 Å². The van der Waals surface area contributed by atoms with Crippen LogP contribution in [0.25, 0.3) is 0 Å². The first-order chi connectivity index (χ1) is 7.84. The Labute approximate surface area is 102 Å². The van der Waals surface area contributed by atoms with Gasteiger partial charge in [0.1, 0.15) is 0 Å². The highest BCUT2D eigenvalue weighted by atomic mass is 32.1. The first kappa shape index (κ1) is 9.92. The summed E-state index contributed by atoms with van der Waals surface area (Å²) in [4.78, 5) is 0. The van der Waals surface area contributed by atoms with Crippen molar-refractivity contribution in [2.45, 2.75) is 18.8 Å². The van der Waals surface area contributed by atoms with Gasteiger partial charge < -0.3 is 0 Å². The molecular weight excluding hydrogens is 240 g/mol. The van der Waals surface area contributed by atoms with Crippen LogP contribution >= 0.6 is 23.6 Å². The molecule has 1 fully saturated rings. The van der Waals surface area contributed by atoms with E-state index in [1.165, 1.54) is 12.8 Å². The normalized spacial score (nSPS) is 16.0. The zero-order valence-electron chi connectivity index (χ0n) is 8.46. The smallest absolute Gasteiger partial charge is 0.216 e. The van der Waals surface area contributed by atoms with Crippen LogP contribution in [-0.4, -0.2) is 21.1 Å². The van der Waals surface area contributed by atoms with Crippen molar-refractivity contribution < 1.29 is 0 Å². The fourth-order valence-electron chi connectivity index (χ4n) is 1.49. The summed E-state index contributed by atoms with van der Waals surface area (Å²) in [6.07, 6.45) is 4.19.